The smallest absolute Gasteiger partial charge is 0.214 e. The highest BCUT2D eigenvalue weighted by Gasteiger charge is 2.38. The molecule has 0 saturated carbocycles. The lowest BCUT2D eigenvalue weighted by Crippen LogP contribution is -2.41. The van der Waals surface area contributed by atoms with Gasteiger partial charge in [-0.3, -0.25) is 9.48 Å². The third-order valence-corrected chi connectivity index (χ3v) is 3.99. The number of ketones is 1. The van der Waals surface area contributed by atoms with Gasteiger partial charge in [0.2, 0.25) is 5.78 Å². The molecule has 1 aromatic rings. The topological polar surface area (TPSA) is 47.4 Å². The van der Waals surface area contributed by atoms with Gasteiger partial charge in [-0.25, -0.2) is 0 Å². The summed E-state index contributed by atoms with van der Waals surface area (Å²) in [5, 5.41) is 4.59. The minimum absolute atomic E-state index is 0.0914. The number of ether oxygens (including phenoxy) is 1. The SMILES string of the molecule is CCC(CC)(OC)C(=O)c1c(Cl)cnn1CCN(C)C. The third kappa shape index (κ3) is 3.40. The molecule has 0 saturated heterocycles. The maximum atomic E-state index is 12.8. The number of nitrogens with zero attached hydrogens (tertiary/aromatic N) is 3. The lowest BCUT2D eigenvalue weighted by atomic mass is 9.90. The van der Waals surface area contributed by atoms with Crippen LogP contribution in [0.15, 0.2) is 6.20 Å². The number of carbonyl (C=O) groups is 1. The monoisotopic (exact) mass is 301 g/mol. The van der Waals surface area contributed by atoms with E-state index < -0.39 is 5.60 Å². The molecule has 0 aromatic carbocycles. The predicted molar refractivity (Wildman–Crippen MR) is 80.4 cm³/mol. The van der Waals surface area contributed by atoms with Gasteiger partial charge in [-0.05, 0) is 26.9 Å². The van der Waals surface area contributed by atoms with Gasteiger partial charge in [0.15, 0.2) is 0 Å². The Morgan fingerprint density at radius 2 is 2.05 bits per heavy atom. The number of likely N-dealkylation sites (N-methyl/N-ethyl adjacent to an activating group) is 1. The van der Waals surface area contributed by atoms with E-state index in [9.17, 15) is 4.79 Å². The van der Waals surface area contributed by atoms with E-state index in [1.807, 2.05) is 32.8 Å². The van der Waals surface area contributed by atoms with Gasteiger partial charge in [0.25, 0.3) is 0 Å². The van der Waals surface area contributed by atoms with Gasteiger partial charge < -0.3 is 9.64 Å². The van der Waals surface area contributed by atoms with Crippen LogP contribution in [0.5, 0.6) is 0 Å². The first-order chi connectivity index (χ1) is 9.41. The lowest BCUT2D eigenvalue weighted by molar-refractivity contribution is -0.00346. The van der Waals surface area contributed by atoms with Crippen molar-refractivity contribution in [3.8, 4) is 0 Å². The number of halogens is 1. The first-order valence-corrected chi connectivity index (χ1v) is 7.25. The molecule has 0 radical (unpaired) electrons. The minimum Gasteiger partial charge on any atom is -0.370 e. The van der Waals surface area contributed by atoms with Crippen LogP contribution >= 0.6 is 11.6 Å². The molecule has 0 fully saturated rings. The summed E-state index contributed by atoms with van der Waals surface area (Å²) in [7, 11) is 5.52. The summed E-state index contributed by atoms with van der Waals surface area (Å²) in [6.07, 6.45) is 2.73. The van der Waals surface area contributed by atoms with Crippen molar-refractivity contribution in [1.82, 2.24) is 14.7 Å². The first-order valence-electron chi connectivity index (χ1n) is 6.87. The Labute approximate surface area is 125 Å². The molecule has 1 rings (SSSR count). The van der Waals surface area contributed by atoms with E-state index in [-0.39, 0.29) is 5.78 Å². The van der Waals surface area contributed by atoms with Gasteiger partial charge in [0.1, 0.15) is 11.3 Å². The highest BCUT2D eigenvalue weighted by Crippen LogP contribution is 2.28. The zero-order valence-corrected chi connectivity index (χ0v) is 13.7. The van der Waals surface area contributed by atoms with Crippen LogP contribution in [0.4, 0.5) is 0 Å². The molecular weight excluding hydrogens is 278 g/mol. The van der Waals surface area contributed by atoms with Crippen molar-refractivity contribution < 1.29 is 9.53 Å². The number of hydrogen-bond acceptors (Lipinski definition) is 4. The Morgan fingerprint density at radius 1 is 1.45 bits per heavy atom. The molecule has 1 heterocycles. The second-order valence-corrected chi connectivity index (χ2v) is 5.51. The molecule has 0 aliphatic carbocycles. The zero-order valence-electron chi connectivity index (χ0n) is 12.9. The van der Waals surface area contributed by atoms with Crippen LogP contribution in [0, 0.1) is 0 Å². The second kappa shape index (κ2) is 7.20. The van der Waals surface area contributed by atoms with Crippen molar-refractivity contribution in [2.45, 2.75) is 38.8 Å². The Morgan fingerprint density at radius 3 is 2.50 bits per heavy atom. The van der Waals surface area contributed by atoms with Crippen LogP contribution in [-0.2, 0) is 11.3 Å². The minimum atomic E-state index is -0.820. The predicted octanol–water partition coefficient (Wildman–Crippen LogP) is 2.49. The maximum absolute atomic E-state index is 12.8. The van der Waals surface area contributed by atoms with Crippen LogP contribution in [-0.4, -0.2) is 53.8 Å². The standard InChI is InChI=1S/C14H24ClN3O2/c1-6-14(7-2,20-5)13(19)12-11(15)10-16-18(12)9-8-17(3)4/h10H,6-9H2,1-5H3. The third-order valence-electron chi connectivity index (χ3n) is 3.72. The summed E-state index contributed by atoms with van der Waals surface area (Å²) in [4.78, 5) is 14.9. The highest BCUT2D eigenvalue weighted by atomic mass is 35.5. The summed E-state index contributed by atoms with van der Waals surface area (Å²) >= 11 is 6.16. The van der Waals surface area contributed by atoms with Crippen LogP contribution in [0.2, 0.25) is 5.02 Å². The van der Waals surface area contributed by atoms with Crippen LogP contribution in [0.3, 0.4) is 0 Å². The molecule has 20 heavy (non-hydrogen) atoms. The zero-order chi connectivity index (χ0) is 15.3. The normalized spacial score (nSPS) is 12.2. The summed E-state index contributed by atoms with van der Waals surface area (Å²) in [6.45, 7) is 5.29. The van der Waals surface area contributed by atoms with Gasteiger partial charge in [0.05, 0.1) is 17.8 Å². The number of rotatable bonds is 8. The Kier molecular flexibility index (Phi) is 6.17. The van der Waals surface area contributed by atoms with Crippen molar-refractivity contribution in [1.29, 1.82) is 0 Å². The molecule has 0 aliphatic rings. The fourth-order valence-corrected chi connectivity index (χ4v) is 2.45. The molecule has 114 valence electrons. The van der Waals surface area contributed by atoms with Crippen LogP contribution in [0.1, 0.15) is 37.2 Å². The Bertz CT molecular complexity index is 445. The molecule has 0 aliphatic heterocycles. The van der Waals surface area contributed by atoms with E-state index in [0.717, 1.165) is 6.54 Å². The van der Waals surface area contributed by atoms with E-state index >= 15 is 0 Å². The van der Waals surface area contributed by atoms with E-state index in [0.29, 0.717) is 30.1 Å². The molecule has 6 heteroatoms. The van der Waals surface area contributed by atoms with Crippen LogP contribution in [0.25, 0.3) is 0 Å². The van der Waals surface area contributed by atoms with Crippen molar-refractivity contribution in [3.05, 3.63) is 16.9 Å². The van der Waals surface area contributed by atoms with E-state index in [1.165, 1.54) is 6.20 Å². The van der Waals surface area contributed by atoms with Crippen molar-refractivity contribution in [2.24, 2.45) is 0 Å². The van der Waals surface area contributed by atoms with E-state index in [4.69, 9.17) is 16.3 Å². The first kappa shape index (κ1) is 17.1. The summed E-state index contributed by atoms with van der Waals surface area (Å²) in [6, 6.07) is 0. The molecule has 0 amide bonds. The molecule has 1 aromatic heterocycles. The quantitative estimate of drug-likeness (QED) is 0.692. The van der Waals surface area contributed by atoms with Gasteiger partial charge >= 0.3 is 0 Å². The molecule has 0 atom stereocenters. The number of methoxy groups -OCH3 is 1. The molecule has 5 nitrogen and oxygen atoms in total. The number of Topliss-reactive ketones (excluding diaryl/α,β-unsaturated/α-hetero) is 1. The fraction of sp³-hybridized carbons (Fsp3) is 0.714. The summed E-state index contributed by atoms with van der Waals surface area (Å²) in [5.74, 6) is -0.0914. The molecule has 0 bridgehead atoms. The number of carbonyl (C=O) groups excluding carboxylic acids is 1. The summed E-state index contributed by atoms with van der Waals surface area (Å²) in [5.41, 5.74) is -0.376. The Hall–Kier alpha value is -0.910. The molecule has 0 unspecified atom stereocenters. The maximum Gasteiger partial charge on any atom is 0.214 e. The van der Waals surface area contributed by atoms with E-state index in [1.54, 1.807) is 11.8 Å². The van der Waals surface area contributed by atoms with Gasteiger partial charge in [-0.1, -0.05) is 25.4 Å². The van der Waals surface area contributed by atoms with Crippen molar-refractivity contribution in [3.63, 3.8) is 0 Å². The number of hydrogen-bond donors (Lipinski definition) is 0. The van der Waals surface area contributed by atoms with Crippen molar-refractivity contribution in [2.75, 3.05) is 27.7 Å². The average molecular weight is 302 g/mol. The van der Waals surface area contributed by atoms with Crippen molar-refractivity contribution >= 4 is 17.4 Å². The van der Waals surface area contributed by atoms with Gasteiger partial charge in [-0.2, -0.15) is 5.10 Å². The number of aromatic nitrogens is 2. The second-order valence-electron chi connectivity index (χ2n) is 5.10. The molecule has 0 N–H and O–H groups in total. The van der Waals surface area contributed by atoms with Crippen LogP contribution < -0.4 is 0 Å². The van der Waals surface area contributed by atoms with E-state index in [2.05, 4.69) is 5.10 Å². The highest BCUT2D eigenvalue weighted by molar-refractivity contribution is 6.34. The average Bonchev–Trinajstić information content (AvgIpc) is 2.79. The largest absolute Gasteiger partial charge is 0.370 e. The molecular formula is C14H24ClN3O2. The lowest BCUT2D eigenvalue weighted by Gasteiger charge is -2.28. The van der Waals surface area contributed by atoms with Gasteiger partial charge in [-0.15, -0.1) is 0 Å². The fourth-order valence-electron chi connectivity index (χ4n) is 2.22. The summed E-state index contributed by atoms with van der Waals surface area (Å²) < 4.78 is 7.17. The molecule has 0 spiro atoms. The Balaban J connectivity index is 3.11. The van der Waals surface area contributed by atoms with Gasteiger partial charge in [0, 0.05) is 13.7 Å².